The molecule has 2 aliphatic rings. The molecule has 2 atom stereocenters. The van der Waals surface area contributed by atoms with Crippen LogP contribution in [0.4, 0.5) is 0 Å². The van der Waals surface area contributed by atoms with Crippen LogP contribution in [0.25, 0.3) is 0 Å². The number of hydrogen-bond acceptors (Lipinski definition) is 4. The van der Waals surface area contributed by atoms with Gasteiger partial charge >= 0.3 is 0 Å². The summed E-state index contributed by atoms with van der Waals surface area (Å²) in [6.07, 6.45) is 5.66. The molecule has 1 aliphatic heterocycles. The minimum absolute atomic E-state index is 0.347. The van der Waals surface area contributed by atoms with Crippen LogP contribution in [0.1, 0.15) is 32.1 Å². The lowest BCUT2D eigenvalue weighted by Crippen LogP contribution is -2.53. The standard InChI is InChI=1S/C13H25NO2S/c15-13-4-2-1-3-12(13)11-14(6-5-13)7-8-16-9-10-17/h12,15,17H,1-11H2. The highest BCUT2D eigenvalue weighted by atomic mass is 32.1. The first kappa shape index (κ1) is 13.7. The first-order valence-corrected chi connectivity index (χ1v) is 7.51. The molecule has 3 nitrogen and oxygen atoms in total. The van der Waals surface area contributed by atoms with Crippen LogP contribution in [0.3, 0.4) is 0 Å². The van der Waals surface area contributed by atoms with Gasteiger partial charge in [-0.1, -0.05) is 12.8 Å². The Hall–Kier alpha value is 0.230. The number of hydrogen-bond donors (Lipinski definition) is 2. The van der Waals surface area contributed by atoms with Crippen molar-refractivity contribution in [3.8, 4) is 0 Å². The summed E-state index contributed by atoms with van der Waals surface area (Å²) in [5.41, 5.74) is -0.347. The molecule has 0 amide bonds. The van der Waals surface area contributed by atoms with Gasteiger partial charge in [-0.15, -0.1) is 0 Å². The van der Waals surface area contributed by atoms with Crippen LogP contribution in [0.2, 0.25) is 0 Å². The molecule has 0 aromatic rings. The Morgan fingerprint density at radius 3 is 3.00 bits per heavy atom. The summed E-state index contributed by atoms with van der Waals surface area (Å²) < 4.78 is 5.47. The molecule has 0 radical (unpaired) electrons. The van der Waals surface area contributed by atoms with E-state index in [-0.39, 0.29) is 5.60 Å². The molecule has 100 valence electrons. The van der Waals surface area contributed by atoms with E-state index in [2.05, 4.69) is 17.5 Å². The first-order chi connectivity index (χ1) is 8.24. The fourth-order valence-corrected chi connectivity index (χ4v) is 3.33. The quantitative estimate of drug-likeness (QED) is 0.580. The van der Waals surface area contributed by atoms with E-state index in [4.69, 9.17) is 4.74 Å². The van der Waals surface area contributed by atoms with Crippen molar-refractivity contribution >= 4 is 12.6 Å². The summed E-state index contributed by atoms with van der Waals surface area (Å²) in [5, 5.41) is 10.6. The largest absolute Gasteiger partial charge is 0.390 e. The average molecular weight is 259 g/mol. The van der Waals surface area contributed by atoms with Gasteiger partial charge in [0, 0.05) is 31.3 Å². The second-order valence-electron chi connectivity index (χ2n) is 5.43. The van der Waals surface area contributed by atoms with E-state index in [0.29, 0.717) is 5.92 Å². The zero-order valence-corrected chi connectivity index (χ0v) is 11.5. The zero-order valence-electron chi connectivity index (χ0n) is 10.6. The van der Waals surface area contributed by atoms with E-state index < -0.39 is 0 Å². The van der Waals surface area contributed by atoms with Crippen molar-refractivity contribution in [2.24, 2.45) is 5.92 Å². The van der Waals surface area contributed by atoms with Gasteiger partial charge in [-0.05, 0) is 19.3 Å². The molecule has 0 aromatic carbocycles. The summed E-state index contributed by atoms with van der Waals surface area (Å²) >= 11 is 4.12. The minimum Gasteiger partial charge on any atom is -0.390 e. The van der Waals surface area contributed by atoms with Crippen LogP contribution >= 0.6 is 12.6 Å². The van der Waals surface area contributed by atoms with E-state index in [1.54, 1.807) is 0 Å². The van der Waals surface area contributed by atoms with Gasteiger partial charge in [-0.3, -0.25) is 0 Å². The molecular weight excluding hydrogens is 234 g/mol. The summed E-state index contributed by atoms with van der Waals surface area (Å²) in [5.74, 6) is 1.29. The van der Waals surface area contributed by atoms with Crippen LogP contribution < -0.4 is 0 Å². The van der Waals surface area contributed by atoms with Crippen molar-refractivity contribution in [2.75, 3.05) is 38.6 Å². The molecule has 2 unspecified atom stereocenters. The number of fused-ring (bicyclic) bond motifs is 1. The molecule has 2 rings (SSSR count). The molecular formula is C13H25NO2S. The molecule has 0 spiro atoms. The molecule has 4 heteroatoms. The van der Waals surface area contributed by atoms with Crippen LogP contribution in [0, 0.1) is 5.92 Å². The number of rotatable bonds is 5. The van der Waals surface area contributed by atoms with Crippen molar-refractivity contribution in [3.63, 3.8) is 0 Å². The van der Waals surface area contributed by atoms with Gasteiger partial charge in [-0.25, -0.2) is 0 Å². The van der Waals surface area contributed by atoms with Gasteiger partial charge in [-0.2, -0.15) is 12.6 Å². The fourth-order valence-electron chi connectivity index (χ4n) is 3.20. The van der Waals surface area contributed by atoms with Crippen molar-refractivity contribution in [3.05, 3.63) is 0 Å². The van der Waals surface area contributed by atoms with Gasteiger partial charge < -0.3 is 14.7 Å². The van der Waals surface area contributed by atoms with Crippen LogP contribution in [-0.4, -0.2) is 54.2 Å². The second kappa shape index (κ2) is 6.41. The Morgan fingerprint density at radius 2 is 2.18 bits per heavy atom. The third kappa shape index (κ3) is 3.60. The van der Waals surface area contributed by atoms with Crippen LogP contribution in [0.15, 0.2) is 0 Å². The molecule has 1 aliphatic carbocycles. The molecule has 1 saturated heterocycles. The van der Waals surface area contributed by atoms with E-state index in [1.807, 2.05) is 0 Å². The second-order valence-corrected chi connectivity index (χ2v) is 5.88. The fraction of sp³-hybridized carbons (Fsp3) is 1.00. The Bertz CT molecular complexity index is 239. The van der Waals surface area contributed by atoms with Crippen LogP contribution in [-0.2, 0) is 4.74 Å². The molecule has 1 heterocycles. The molecule has 1 N–H and O–H groups in total. The van der Waals surface area contributed by atoms with E-state index in [9.17, 15) is 5.11 Å². The molecule has 1 saturated carbocycles. The maximum atomic E-state index is 10.6. The number of aliphatic hydroxyl groups is 1. The van der Waals surface area contributed by atoms with Crippen LogP contribution in [0.5, 0.6) is 0 Å². The van der Waals surface area contributed by atoms with E-state index in [1.165, 1.54) is 19.3 Å². The molecule has 0 aromatic heterocycles. The van der Waals surface area contributed by atoms with Gasteiger partial charge in [0.1, 0.15) is 0 Å². The molecule has 0 bridgehead atoms. The summed E-state index contributed by atoms with van der Waals surface area (Å²) in [7, 11) is 0. The predicted octanol–water partition coefficient (Wildman–Crippen LogP) is 1.56. The maximum Gasteiger partial charge on any atom is 0.0700 e. The Kier molecular flexibility index (Phi) is 5.15. The monoisotopic (exact) mass is 259 g/mol. The summed E-state index contributed by atoms with van der Waals surface area (Å²) in [4.78, 5) is 2.45. The Balaban J connectivity index is 1.73. The van der Waals surface area contributed by atoms with Gasteiger partial charge in [0.05, 0.1) is 18.8 Å². The van der Waals surface area contributed by atoms with Crippen molar-refractivity contribution < 1.29 is 9.84 Å². The normalized spacial score (nSPS) is 34.6. The smallest absolute Gasteiger partial charge is 0.0700 e. The highest BCUT2D eigenvalue weighted by molar-refractivity contribution is 7.80. The highest BCUT2D eigenvalue weighted by Crippen LogP contribution is 2.39. The number of nitrogens with zero attached hydrogens (tertiary/aromatic N) is 1. The first-order valence-electron chi connectivity index (χ1n) is 6.88. The number of piperidine rings is 1. The van der Waals surface area contributed by atoms with Crippen molar-refractivity contribution in [1.29, 1.82) is 0 Å². The minimum atomic E-state index is -0.347. The number of thiol groups is 1. The third-order valence-electron chi connectivity index (χ3n) is 4.30. The van der Waals surface area contributed by atoms with Crippen molar-refractivity contribution in [1.82, 2.24) is 4.90 Å². The molecule has 2 fully saturated rings. The Morgan fingerprint density at radius 1 is 1.29 bits per heavy atom. The zero-order chi connectivity index (χ0) is 12.1. The third-order valence-corrected chi connectivity index (χ3v) is 4.48. The van der Waals surface area contributed by atoms with Gasteiger partial charge in [0.2, 0.25) is 0 Å². The predicted molar refractivity (Wildman–Crippen MR) is 72.6 cm³/mol. The van der Waals surface area contributed by atoms with E-state index in [0.717, 1.165) is 51.4 Å². The SMILES string of the molecule is OC12CCCCC1CN(CCOCCS)CC2. The molecule has 17 heavy (non-hydrogen) atoms. The highest BCUT2D eigenvalue weighted by Gasteiger charge is 2.42. The lowest BCUT2D eigenvalue weighted by atomic mass is 9.71. The lowest BCUT2D eigenvalue weighted by Gasteiger charge is -2.47. The Labute approximate surface area is 110 Å². The lowest BCUT2D eigenvalue weighted by molar-refractivity contribution is -0.0976. The van der Waals surface area contributed by atoms with Crippen molar-refractivity contribution in [2.45, 2.75) is 37.7 Å². The summed E-state index contributed by atoms with van der Waals surface area (Å²) in [6, 6.07) is 0. The number of ether oxygens (including phenoxy) is 1. The topological polar surface area (TPSA) is 32.7 Å². The van der Waals surface area contributed by atoms with E-state index >= 15 is 0 Å². The van der Waals surface area contributed by atoms with Gasteiger partial charge in [0.15, 0.2) is 0 Å². The number of likely N-dealkylation sites (tertiary alicyclic amines) is 1. The average Bonchev–Trinajstić information content (AvgIpc) is 2.34. The van der Waals surface area contributed by atoms with Gasteiger partial charge in [0.25, 0.3) is 0 Å². The maximum absolute atomic E-state index is 10.6. The summed E-state index contributed by atoms with van der Waals surface area (Å²) in [6.45, 7) is 4.62.